The molecule has 1 aromatic rings. The molecule has 1 amide bonds. The molecule has 0 bridgehead atoms. The van der Waals surface area contributed by atoms with Crippen molar-refractivity contribution >= 4 is 23.6 Å². The lowest BCUT2D eigenvalue weighted by molar-refractivity contribution is 0.0696. The molecule has 0 aliphatic carbocycles. The van der Waals surface area contributed by atoms with Crippen LogP contribution in [0, 0.1) is 5.92 Å². The Morgan fingerprint density at radius 1 is 1.28 bits per heavy atom. The monoisotopic (exact) mass is 265 g/mol. The first-order valence-electron chi connectivity index (χ1n) is 5.86. The van der Waals surface area contributed by atoms with Crippen LogP contribution in [0.25, 0.3) is 0 Å². The Labute approximate surface area is 110 Å². The van der Waals surface area contributed by atoms with Crippen molar-refractivity contribution in [3.05, 3.63) is 35.4 Å². The van der Waals surface area contributed by atoms with Crippen LogP contribution in [0.1, 0.15) is 27.1 Å². The summed E-state index contributed by atoms with van der Waals surface area (Å²) in [5, 5.41) is 11.6. The van der Waals surface area contributed by atoms with E-state index in [1.54, 1.807) is 12.1 Å². The first-order chi connectivity index (χ1) is 8.66. The van der Waals surface area contributed by atoms with E-state index in [1.807, 2.05) is 11.8 Å². The minimum atomic E-state index is -0.982. The smallest absolute Gasteiger partial charge is 0.335 e. The van der Waals surface area contributed by atoms with Gasteiger partial charge in [-0.05, 0) is 48.1 Å². The van der Waals surface area contributed by atoms with Gasteiger partial charge < -0.3 is 10.4 Å². The predicted molar refractivity (Wildman–Crippen MR) is 71.2 cm³/mol. The van der Waals surface area contributed by atoms with Crippen molar-refractivity contribution in [2.24, 2.45) is 5.92 Å². The van der Waals surface area contributed by atoms with E-state index >= 15 is 0 Å². The van der Waals surface area contributed by atoms with Crippen molar-refractivity contribution in [1.29, 1.82) is 0 Å². The number of carboxylic acids is 1. The van der Waals surface area contributed by atoms with Crippen molar-refractivity contribution in [3.63, 3.8) is 0 Å². The van der Waals surface area contributed by atoms with E-state index < -0.39 is 5.97 Å². The summed E-state index contributed by atoms with van der Waals surface area (Å²) in [6.07, 6.45) is 1.16. The maximum absolute atomic E-state index is 11.8. The van der Waals surface area contributed by atoms with Gasteiger partial charge >= 0.3 is 5.97 Å². The molecule has 0 saturated carbocycles. The summed E-state index contributed by atoms with van der Waals surface area (Å²) in [6, 6.07) is 5.98. The second-order valence-electron chi connectivity index (χ2n) is 4.32. The predicted octanol–water partition coefficient (Wildman–Crippen LogP) is 1.87. The van der Waals surface area contributed by atoms with Gasteiger partial charge in [-0.2, -0.15) is 11.8 Å². The zero-order valence-corrected chi connectivity index (χ0v) is 10.7. The molecule has 96 valence electrons. The highest BCUT2D eigenvalue weighted by molar-refractivity contribution is 7.99. The summed E-state index contributed by atoms with van der Waals surface area (Å²) in [5.41, 5.74) is 0.699. The Morgan fingerprint density at radius 2 is 1.94 bits per heavy atom. The molecule has 1 fully saturated rings. The summed E-state index contributed by atoms with van der Waals surface area (Å²) < 4.78 is 0. The van der Waals surface area contributed by atoms with Crippen LogP contribution in [0.5, 0.6) is 0 Å². The van der Waals surface area contributed by atoms with E-state index in [-0.39, 0.29) is 11.5 Å². The van der Waals surface area contributed by atoms with Crippen LogP contribution in [-0.4, -0.2) is 35.0 Å². The van der Waals surface area contributed by atoms with Gasteiger partial charge in [0.1, 0.15) is 0 Å². The molecule has 1 aromatic carbocycles. The average Bonchev–Trinajstić information content (AvgIpc) is 2.89. The zero-order chi connectivity index (χ0) is 13.0. The summed E-state index contributed by atoms with van der Waals surface area (Å²) in [4.78, 5) is 22.5. The van der Waals surface area contributed by atoms with E-state index in [1.165, 1.54) is 17.9 Å². The number of carbonyl (C=O) groups is 2. The molecule has 1 unspecified atom stereocenters. The van der Waals surface area contributed by atoms with Crippen LogP contribution < -0.4 is 5.32 Å². The maximum atomic E-state index is 11.8. The number of thioether (sulfide) groups is 1. The molecule has 2 rings (SSSR count). The highest BCUT2D eigenvalue weighted by Crippen LogP contribution is 2.22. The Morgan fingerprint density at radius 3 is 2.50 bits per heavy atom. The number of hydrogen-bond donors (Lipinski definition) is 2. The number of amides is 1. The largest absolute Gasteiger partial charge is 0.478 e. The fourth-order valence-electron chi connectivity index (χ4n) is 1.85. The molecule has 0 radical (unpaired) electrons. The molecule has 1 atom stereocenters. The van der Waals surface area contributed by atoms with E-state index in [0.717, 1.165) is 12.2 Å². The number of aromatic carboxylic acids is 1. The number of carbonyl (C=O) groups excluding carboxylic acids is 1. The Hall–Kier alpha value is -1.49. The number of carboxylic acid groups (broad SMARTS) is 1. The van der Waals surface area contributed by atoms with E-state index in [0.29, 0.717) is 18.0 Å². The summed E-state index contributed by atoms with van der Waals surface area (Å²) in [7, 11) is 0. The zero-order valence-electron chi connectivity index (χ0n) is 9.89. The third-order valence-corrected chi connectivity index (χ3v) is 4.20. The molecule has 0 aromatic heterocycles. The lowest BCUT2D eigenvalue weighted by atomic mass is 10.1. The molecule has 0 spiro atoms. The van der Waals surface area contributed by atoms with Gasteiger partial charge in [0, 0.05) is 12.1 Å². The molecule has 2 N–H and O–H groups in total. The first-order valence-corrected chi connectivity index (χ1v) is 7.01. The van der Waals surface area contributed by atoms with Crippen LogP contribution in [0.3, 0.4) is 0 Å². The quantitative estimate of drug-likeness (QED) is 0.872. The highest BCUT2D eigenvalue weighted by atomic mass is 32.2. The fraction of sp³-hybridized carbons (Fsp3) is 0.385. The van der Waals surface area contributed by atoms with Crippen molar-refractivity contribution in [3.8, 4) is 0 Å². The van der Waals surface area contributed by atoms with Crippen molar-refractivity contribution in [2.75, 3.05) is 18.1 Å². The van der Waals surface area contributed by atoms with Crippen LogP contribution in [0.4, 0.5) is 0 Å². The van der Waals surface area contributed by atoms with Gasteiger partial charge in [-0.1, -0.05) is 0 Å². The fourth-order valence-corrected chi connectivity index (χ4v) is 3.13. The van der Waals surface area contributed by atoms with Crippen LogP contribution in [-0.2, 0) is 0 Å². The van der Waals surface area contributed by atoms with Crippen LogP contribution >= 0.6 is 11.8 Å². The molecule has 1 aliphatic rings. The van der Waals surface area contributed by atoms with Gasteiger partial charge in [-0.3, -0.25) is 4.79 Å². The lowest BCUT2D eigenvalue weighted by Gasteiger charge is -2.10. The third kappa shape index (κ3) is 3.26. The van der Waals surface area contributed by atoms with Crippen molar-refractivity contribution in [1.82, 2.24) is 5.32 Å². The summed E-state index contributed by atoms with van der Waals surface area (Å²) >= 11 is 1.92. The van der Waals surface area contributed by atoms with Gasteiger partial charge in [0.05, 0.1) is 5.56 Å². The van der Waals surface area contributed by atoms with E-state index in [4.69, 9.17) is 5.11 Å². The number of benzene rings is 1. The van der Waals surface area contributed by atoms with E-state index in [9.17, 15) is 9.59 Å². The molecular weight excluding hydrogens is 250 g/mol. The number of hydrogen-bond acceptors (Lipinski definition) is 3. The summed E-state index contributed by atoms with van der Waals surface area (Å²) in [6.45, 7) is 0.701. The van der Waals surface area contributed by atoms with Crippen molar-refractivity contribution < 1.29 is 14.7 Å². The Balaban J connectivity index is 1.89. The molecule has 1 saturated heterocycles. The van der Waals surface area contributed by atoms with Gasteiger partial charge in [0.2, 0.25) is 0 Å². The molecule has 5 heteroatoms. The van der Waals surface area contributed by atoms with Gasteiger partial charge in [0.15, 0.2) is 0 Å². The topological polar surface area (TPSA) is 66.4 Å². The standard InChI is InChI=1S/C13H15NO3S/c15-12(14-7-9-5-6-18-8-9)10-1-3-11(4-2-10)13(16)17/h1-4,9H,5-8H2,(H,14,15)(H,16,17). The SMILES string of the molecule is O=C(O)c1ccc(C(=O)NCC2CCSC2)cc1. The molecule has 1 heterocycles. The van der Waals surface area contributed by atoms with Crippen LogP contribution in [0.15, 0.2) is 24.3 Å². The molecule has 1 aliphatic heterocycles. The third-order valence-electron chi connectivity index (χ3n) is 2.97. The highest BCUT2D eigenvalue weighted by Gasteiger charge is 2.16. The van der Waals surface area contributed by atoms with Gasteiger partial charge in [0.25, 0.3) is 5.91 Å². The minimum absolute atomic E-state index is 0.135. The maximum Gasteiger partial charge on any atom is 0.335 e. The lowest BCUT2D eigenvalue weighted by Crippen LogP contribution is -2.29. The number of rotatable bonds is 4. The number of nitrogens with one attached hydrogen (secondary N) is 1. The second kappa shape index (κ2) is 5.91. The Kier molecular flexibility index (Phi) is 4.25. The minimum Gasteiger partial charge on any atom is -0.478 e. The van der Waals surface area contributed by atoms with Gasteiger partial charge in [-0.25, -0.2) is 4.79 Å². The first kappa shape index (κ1) is 13.0. The van der Waals surface area contributed by atoms with Crippen LogP contribution in [0.2, 0.25) is 0 Å². The Bertz CT molecular complexity index is 438. The second-order valence-corrected chi connectivity index (χ2v) is 5.47. The van der Waals surface area contributed by atoms with E-state index in [2.05, 4.69) is 5.32 Å². The summed E-state index contributed by atoms with van der Waals surface area (Å²) in [5.74, 6) is 1.73. The van der Waals surface area contributed by atoms with Gasteiger partial charge in [-0.15, -0.1) is 0 Å². The van der Waals surface area contributed by atoms with Crippen molar-refractivity contribution in [2.45, 2.75) is 6.42 Å². The average molecular weight is 265 g/mol. The molecule has 18 heavy (non-hydrogen) atoms. The molecular formula is C13H15NO3S. The normalized spacial score (nSPS) is 18.6. The molecule has 4 nitrogen and oxygen atoms in total.